The van der Waals surface area contributed by atoms with Crippen molar-refractivity contribution in [2.24, 2.45) is 0 Å². The first-order valence-electron chi connectivity index (χ1n) is 12.3. The summed E-state index contributed by atoms with van der Waals surface area (Å²) < 4.78 is 38.7. The fourth-order valence-electron chi connectivity index (χ4n) is 4.77. The predicted molar refractivity (Wildman–Crippen MR) is 128 cm³/mol. The van der Waals surface area contributed by atoms with E-state index in [1.54, 1.807) is 12.3 Å². The molecule has 1 aromatic heterocycles. The van der Waals surface area contributed by atoms with Crippen molar-refractivity contribution in [2.45, 2.75) is 89.1 Å². The lowest BCUT2D eigenvalue weighted by molar-refractivity contribution is 0.0120. The summed E-state index contributed by atoms with van der Waals surface area (Å²) in [5.41, 5.74) is 1.27. The Bertz CT molecular complexity index is 1070. The molecule has 0 aliphatic heterocycles. The first-order chi connectivity index (χ1) is 16.6. The van der Waals surface area contributed by atoms with Gasteiger partial charge in [0.25, 0.3) is 0 Å². The molecule has 2 unspecified atom stereocenters. The van der Waals surface area contributed by atoms with E-state index < -0.39 is 28.9 Å². The minimum atomic E-state index is -0.945. The molecule has 0 radical (unpaired) electrons. The van der Waals surface area contributed by atoms with Crippen molar-refractivity contribution in [1.29, 1.82) is 0 Å². The standard InChI is InChI=1S/C27H34F2N2O4/c1-26(2,3)35-25(33)31-27(16-34-20-7-8-20)10-4-5-18(13-27)21-14-30-24(12-19(21)15-32)17-6-9-22(28)23(29)11-17/h6,9,11-12,14,18,20,32H,4-5,7-8,10,13,15-16H2,1-3H3,(H,31,33). The maximum atomic E-state index is 13.7. The van der Waals surface area contributed by atoms with E-state index >= 15 is 0 Å². The molecule has 2 N–H and O–H groups in total. The van der Waals surface area contributed by atoms with Gasteiger partial charge in [0, 0.05) is 11.8 Å². The van der Waals surface area contributed by atoms with Gasteiger partial charge < -0.3 is 19.9 Å². The monoisotopic (exact) mass is 488 g/mol. The van der Waals surface area contributed by atoms with Gasteiger partial charge in [-0.15, -0.1) is 0 Å². The highest BCUT2D eigenvalue weighted by atomic mass is 19.2. The Hall–Kier alpha value is -2.58. The number of carbonyl (C=O) groups is 1. The molecule has 4 rings (SSSR count). The lowest BCUT2D eigenvalue weighted by Gasteiger charge is -2.42. The Balaban J connectivity index is 1.58. The first-order valence-corrected chi connectivity index (χ1v) is 12.3. The summed E-state index contributed by atoms with van der Waals surface area (Å²) >= 11 is 0. The largest absolute Gasteiger partial charge is 0.444 e. The molecule has 2 aliphatic rings. The van der Waals surface area contributed by atoms with Crippen LogP contribution in [0, 0.1) is 11.6 Å². The summed E-state index contributed by atoms with van der Waals surface area (Å²) in [5.74, 6) is -1.83. The van der Waals surface area contributed by atoms with Gasteiger partial charge in [0.15, 0.2) is 11.6 Å². The number of alkyl carbamates (subject to hydrolysis) is 1. The number of benzene rings is 1. The normalized spacial score (nSPS) is 22.6. The van der Waals surface area contributed by atoms with Crippen LogP contribution in [0.5, 0.6) is 0 Å². The fourth-order valence-corrected chi connectivity index (χ4v) is 4.77. The van der Waals surface area contributed by atoms with Gasteiger partial charge in [0.1, 0.15) is 5.60 Å². The van der Waals surface area contributed by atoms with Gasteiger partial charge in [-0.25, -0.2) is 13.6 Å². The average molecular weight is 489 g/mol. The van der Waals surface area contributed by atoms with Crippen LogP contribution in [0.25, 0.3) is 11.3 Å². The third kappa shape index (κ3) is 6.55. The number of aliphatic hydroxyl groups is 1. The van der Waals surface area contributed by atoms with Crippen LogP contribution in [0.1, 0.15) is 76.3 Å². The van der Waals surface area contributed by atoms with E-state index in [1.807, 2.05) is 20.8 Å². The smallest absolute Gasteiger partial charge is 0.408 e. The topological polar surface area (TPSA) is 80.7 Å². The number of pyridine rings is 1. The minimum Gasteiger partial charge on any atom is -0.444 e. The lowest BCUT2D eigenvalue weighted by atomic mass is 9.73. The molecular weight excluding hydrogens is 454 g/mol. The second-order valence-corrected chi connectivity index (χ2v) is 10.8. The van der Waals surface area contributed by atoms with Crippen LogP contribution in [0.3, 0.4) is 0 Å². The molecular formula is C27H34F2N2O4. The zero-order valence-electron chi connectivity index (χ0n) is 20.6. The highest BCUT2D eigenvalue weighted by molar-refractivity contribution is 5.69. The van der Waals surface area contributed by atoms with Crippen LogP contribution >= 0.6 is 0 Å². The molecule has 2 saturated carbocycles. The Kier molecular flexibility index (Phi) is 7.43. The molecule has 2 aliphatic carbocycles. The van der Waals surface area contributed by atoms with E-state index in [9.17, 15) is 18.7 Å². The highest BCUT2D eigenvalue weighted by Crippen LogP contribution is 2.41. The number of rotatable bonds is 7. The molecule has 8 heteroatoms. The molecule has 0 saturated heterocycles. The maximum absolute atomic E-state index is 13.7. The summed E-state index contributed by atoms with van der Waals surface area (Å²) in [5, 5.41) is 13.2. The second-order valence-electron chi connectivity index (χ2n) is 10.8. The van der Waals surface area contributed by atoms with E-state index in [0.717, 1.165) is 49.8 Å². The van der Waals surface area contributed by atoms with Gasteiger partial charge in [-0.05, 0) is 94.2 Å². The number of ether oxygens (including phenoxy) is 2. The fraction of sp³-hybridized carbons (Fsp3) is 0.556. The number of amides is 1. The number of aliphatic hydroxyl groups excluding tert-OH is 1. The summed E-state index contributed by atoms with van der Waals surface area (Å²) in [6.07, 6.45) is 6.70. The van der Waals surface area contributed by atoms with E-state index in [4.69, 9.17) is 9.47 Å². The zero-order valence-corrected chi connectivity index (χ0v) is 20.6. The lowest BCUT2D eigenvalue weighted by Crippen LogP contribution is -2.55. The van der Waals surface area contributed by atoms with Crippen molar-refractivity contribution in [1.82, 2.24) is 10.3 Å². The van der Waals surface area contributed by atoms with Crippen LogP contribution in [-0.4, -0.2) is 40.0 Å². The van der Waals surface area contributed by atoms with Crippen molar-refractivity contribution >= 4 is 6.09 Å². The Morgan fingerprint density at radius 3 is 2.63 bits per heavy atom. The third-order valence-electron chi connectivity index (χ3n) is 6.58. The van der Waals surface area contributed by atoms with Crippen LogP contribution in [0.15, 0.2) is 30.5 Å². The van der Waals surface area contributed by atoms with Gasteiger partial charge in [0.05, 0.1) is 30.6 Å². The van der Waals surface area contributed by atoms with Crippen LogP contribution in [0.4, 0.5) is 13.6 Å². The minimum absolute atomic E-state index is 0.0372. The number of carbonyl (C=O) groups excluding carboxylic acids is 1. The third-order valence-corrected chi connectivity index (χ3v) is 6.58. The number of hydrogen-bond donors (Lipinski definition) is 2. The molecule has 0 spiro atoms. The van der Waals surface area contributed by atoms with E-state index in [0.29, 0.717) is 29.8 Å². The van der Waals surface area contributed by atoms with Gasteiger partial charge in [-0.1, -0.05) is 6.42 Å². The molecule has 2 atom stereocenters. The summed E-state index contributed by atoms with van der Waals surface area (Å²) in [6.45, 7) is 5.68. The van der Waals surface area contributed by atoms with Crippen LogP contribution in [-0.2, 0) is 16.1 Å². The molecule has 2 aromatic rings. The highest BCUT2D eigenvalue weighted by Gasteiger charge is 2.41. The van der Waals surface area contributed by atoms with Crippen molar-refractivity contribution in [3.63, 3.8) is 0 Å². The average Bonchev–Trinajstić information content (AvgIpc) is 3.63. The van der Waals surface area contributed by atoms with Crippen molar-refractivity contribution in [3.05, 3.63) is 53.2 Å². The van der Waals surface area contributed by atoms with Gasteiger partial charge in [-0.3, -0.25) is 4.98 Å². The SMILES string of the molecule is CC(C)(C)OC(=O)NC1(COC2CC2)CCCC(c2cnc(-c3ccc(F)c(F)c3)cc2CO)C1. The second kappa shape index (κ2) is 10.2. The molecule has 190 valence electrons. The Labute approximate surface area is 205 Å². The van der Waals surface area contributed by atoms with Crippen molar-refractivity contribution in [3.8, 4) is 11.3 Å². The molecule has 6 nitrogen and oxygen atoms in total. The predicted octanol–water partition coefficient (Wildman–Crippen LogP) is 5.62. The number of nitrogens with zero attached hydrogens (tertiary/aromatic N) is 1. The Morgan fingerprint density at radius 2 is 1.97 bits per heavy atom. The molecule has 2 fully saturated rings. The van der Waals surface area contributed by atoms with E-state index in [-0.39, 0.29) is 18.6 Å². The van der Waals surface area contributed by atoms with Gasteiger partial charge >= 0.3 is 6.09 Å². The molecule has 1 aromatic carbocycles. The number of aromatic nitrogens is 1. The molecule has 1 heterocycles. The summed E-state index contributed by atoms with van der Waals surface area (Å²) in [4.78, 5) is 17.2. The van der Waals surface area contributed by atoms with Gasteiger partial charge in [0.2, 0.25) is 0 Å². The zero-order chi connectivity index (χ0) is 25.2. The Morgan fingerprint density at radius 1 is 1.20 bits per heavy atom. The summed E-state index contributed by atoms with van der Waals surface area (Å²) in [6, 6.07) is 5.36. The van der Waals surface area contributed by atoms with Crippen LogP contribution < -0.4 is 5.32 Å². The van der Waals surface area contributed by atoms with Crippen LogP contribution in [0.2, 0.25) is 0 Å². The molecule has 35 heavy (non-hydrogen) atoms. The summed E-state index contributed by atoms with van der Waals surface area (Å²) in [7, 11) is 0. The first kappa shape index (κ1) is 25.5. The number of halogens is 2. The maximum Gasteiger partial charge on any atom is 0.408 e. The van der Waals surface area contributed by atoms with E-state index in [2.05, 4.69) is 10.3 Å². The number of nitrogens with one attached hydrogen (secondary N) is 1. The van der Waals surface area contributed by atoms with Crippen molar-refractivity contribution in [2.75, 3.05) is 6.61 Å². The quantitative estimate of drug-likeness (QED) is 0.529. The van der Waals surface area contributed by atoms with Gasteiger partial charge in [-0.2, -0.15) is 0 Å². The molecule has 1 amide bonds. The van der Waals surface area contributed by atoms with Crippen molar-refractivity contribution < 1.29 is 28.2 Å². The molecule has 0 bridgehead atoms. The number of hydrogen-bond acceptors (Lipinski definition) is 5. The van der Waals surface area contributed by atoms with E-state index in [1.165, 1.54) is 6.07 Å².